The number of hydrogen-bond donors (Lipinski definition) is 1. The molecule has 5 rings (SSSR count). The monoisotopic (exact) mass is 443 g/mol. The highest BCUT2D eigenvalue weighted by atomic mass is 17.2. The van der Waals surface area contributed by atoms with Crippen LogP contribution < -0.4 is 10.2 Å². The van der Waals surface area contributed by atoms with Crippen molar-refractivity contribution in [2.24, 2.45) is 5.92 Å². The van der Waals surface area contributed by atoms with E-state index in [-0.39, 0.29) is 0 Å². The van der Waals surface area contributed by atoms with Gasteiger partial charge in [-0.15, -0.1) is 0 Å². The van der Waals surface area contributed by atoms with Gasteiger partial charge in [0.05, 0.1) is 11.4 Å². The number of nitrogens with zero attached hydrogens (tertiary/aromatic N) is 4. The standard InChI is InChI=1S/C26H29N5O2/c1-20(2)15-30-19-33-32-18-24-25(30)17-29(26(24)28-22-7-4-3-5-8-22)16-21-9-11-23(12-10-21)31-14-6-13-27-31/h3-14,17,20,28H,15-16,18-19H2,1-2H3. The quantitative estimate of drug-likeness (QED) is 0.390. The van der Waals surface area contributed by atoms with E-state index in [2.05, 4.69) is 76.3 Å². The molecular weight excluding hydrogens is 414 g/mol. The minimum Gasteiger partial charge on any atom is -0.344 e. The molecule has 1 N–H and O–H groups in total. The van der Waals surface area contributed by atoms with Crippen molar-refractivity contribution < 1.29 is 9.78 Å². The first kappa shape index (κ1) is 21.3. The summed E-state index contributed by atoms with van der Waals surface area (Å²) in [4.78, 5) is 13.2. The number of benzene rings is 2. The molecule has 7 nitrogen and oxygen atoms in total. The smallest absolute Gasteiger partial charge is 0.154 e. The van der Waals surface area contributed by atoms with Gasteiger partial charge < -0.3 is 14.8 Å². The lowest BCUT2D eigenvalue weighted by molar-refractivity contribution is -0.300. The lowest BCUT2D eigenvalue weighted by atomic mass is 10.2. The third-order valence-electron chi connectivity index (χ3n) is 5.68. The highest BCUT2D eigenvalue weighted by Gasteiger charge is 2.24. The van der Waals surface area contributed by atoms with E-state index in [1.807, 2.05) is 35.1 Å². The molecule has 0 spiro atoms. The Kier molecular flexibility index (Phi) is 6.15. The minimum absolute atomic E-state index is 0.393. The van der Waals surface area contributed by atoms with Crippen LogP contribution in [0.5, 0.6) is 0 Å². The summed E-state index contributed by atoms with van der Waals surface area (Å²) in [7, 11) is 0. The van der Waals surface area contributed by atoms with Crippen LogP contribution in [-0.2, 0) is 22.9 Å². The molecule has 0 atom stereocenters. The molecule has 33 heavy (non-hydrogen) atoms. The summed E-state index contributed by atoms with van der Waals surface area (Å²) in [6, 6.07) is 20.7. The van der Waals surface area contributed by atoms with Crippen molar-refractivity contribution in [3.63, 3.8) is 0 Å². The van der Waals surface area contributed by atoms with Crippen molar-refractivity contribution in [2.75, 3.05) is 23.5 Å². The Morgan fingerprint density at radius 2 is 1.82 bits per heavy atom. The molecule has 2 aromatic heterocycles. The lowest BCUT2D eigenvalue weighted by Gasteiger charge is -2.23. The number of para-hydroxylation sites is 1. The first-order valence-electron chi connectivity index (χ1n) is 11.3. The van der Waals surface area contributed by atoms with Crippen molar-refractivity contribution in [3.05, 3.63) is 90.4 Å². The molecule has 0 bridgehead atoms. The van der Waals surface area contributed by atoms with E-state index < -0.39 is 0 Å². The summed E-state index contributed by atoms with van der Waals surface area (Å²) >= 11 is 0. The van der Waals surface area contributed by atoms with Crippen LogP contribution in [0.2, 0.25) is 0 Å². The Labute approximate surface area is 194 Å². The van der Waals surface area contributed by atoms with E-state index in [9.17, 15) is 0 Å². The van der Waals surface area contributed by atoms with Gasteiger partial charge in [-0.2, -0.15) is 5.10 Å². The fourth-order valence-electron chi connectivity index (χ4n) is 4.16. The molecule has 0 aliphatic carbocycles. The Morgan fingerprint density at radius 1 is 1.00 bits per heavy atom. The van der Waals surface area contributed by atoms with Gasteiger partial charge in [-0.05, 0) is 41.8 Å². The van der Waals surface area contributed by atoms with Gasteiger partial charge in [0, 0.05) is 42.9 Å². The molecular formula is C26H29N5O2. The highest BCUT2D eigenvalue weighted by molar-refractivity contribution is 5.70. The van der Waals surface area contributed by atoms with Crippen LogP contribution in [0.1, 0.15) is 25.0 Å². The first-order chi connectivity index (χ1) is 16.2. The molecule has 0 amide bonds. The zero-order chi connectivity index (χ0) is 22.6. The van der Waals surface area contributed by atoms with E-state index in [0.29, 0.717) is 19.3 Å². The van der Waals surface area contributed by atoms with Crippen molar-refractivity contribution >= 4 is 17.2 Å². The Hall–Kier alpha value is -3.55. The van der Waals surface area contributed by atoms with Gasteiger partial charge in [-0.1, -0.05) is 44.2 Å². The third kappa shape index (κ3) is 4.79. The minimum atomic E-state index is 0.393. The molecule has 170 valence electrons. The van der Waals surface area contributed by atoms with E-state index in [4.69, 9.17) is 9.78 Å². The summed E-state index contributed by atoms with van der Waals surface area (Å²) in [6.45, 7) is 6.87. The maximum atomic E-state index is 5.53. The van der Waals surface area contributed by atoms with Gasteiger partial charge in [-0.25, -0.2) is 14.5 Å². The maximum Gasteiger partial charge on any atom is 0.154 e. The van der Waals surface area contributed by atoms with Crippen LogP contribution in [0.4, 0.5) is 17.2 Å². The van der Waals surface area contributed by atoms with Crippen molar-refractivity contribution in [1.29, 1.82) is 0 Å². The van der Waals surface area contributed by atoms with Crippen LogP contribution in [0, 0.1) is 5.92 Å². The average Bonchev–Trinajstić information content (AvgIpc) is 3.42. The molecule has 7 heteroatoms. The number of nitrogens with one attached hydrogen (secondary N) is 1. The molecule has 4 aromatic rings. The molecule has 1 aliphatic heterocycles. The summed E-state index contributed by atoms with van der Waals surface area (Å²) in [5, 5.41) is 7.94. The topological polar surface area (TPSA) is 56.5 Å². The number of aromatic nitrogens is 3. The zero-order valence-electron chi connectivity index (χ0n) is 19.0. The lowest BCUT2D eigenvalue weighted by Crippen LogP contribution is -2.29. The normalized spacial score (nSPS) is 13.7. The Morgan fingerprint density at radius 3 is 2.55 bits per heavy atom. The number of anilines is 3. The van der Waals surface area contributed by atoms with Crippen LogP contribution in [0.3, 0.4) is 0 Å². The van der Waals surface area contributed by atoms with Crippen LogP contribution >= 0.6 is 0 Å². The summed E-state index contributed by atoms with van der Waals surface area (Å²) in [5.41, 5.74) is 5.54. The van der Waals surface area contributed by atoms with Crippen LogP contribution in [0.25, 0.3) is 5.69 Å². The van der Waals surface area contributed by atoms with Crippen molar-refractivity contribution in [1.82, 2.24) is 14.3 Å². The zero-order valence-corrected chi connectivity index (χ0v) is 19.0. The fourth-order valence-corrected chi connectivity index (χ4v) is 4.16. The summed E-state index contributed by atoms with van der Waals surface area (Å²) < 4.78 is 4.13. The Balaban J connectivity index is 1.50. The predicted molar refractivity (Wildman–Crippen MR) is 130 cm³/mol. The average molecular weight is 444 g/mol. The highest BCUT2D eigenvalue weighted by Crippen LogP contribution is 2.36. The van der Waals surface area contributed by atoms with E-state index in [0.717, 1.165) is 41.5 Å². The van der Waals surface area contributed by atoms with Gasteiger partial charge in [0.15, 0.2) is 6.73 Å². The third-order valence-corrected chi connectivity index (χ3v) is 5.68. The van der Waals surface area contributed by atoms with E-state index in [1.54, 1.807) is 6.20 Å². The fraction of sp³-hybridized carbons (Fsp3) is 0.269. The first-order valence-corrected chi connectivity index (χ1v) is 11.3. The molecule has 0 saturated heterocycles. The molecule has 0 unspecified atom stereocenters. The number of fused-ring (bicyclic) bond motifs is 1. The van der Waals surface area contributed by atoms with Crippen molar-refractivity contribution in [2.45, 2.75) is 27.0 Å². The second-order valence-corrected chi connectivity index (χ2v) is 8.70. The van der Waals surface area contributed by atoms with Gasteiger partial charge in [0.1, 0.15) is 12.4 Å². The largest absolute Gasteiger partial charge is 0.344 e. The van der Waals surface area contributed by atoms with E-state index in [1.165, 1.54) is 5.56 Å². The maximum absolute atomic E-state index is 5.53. The van der Waals surface area contributed by atoms with Crippen LogP contribution in [0.15, 0.2) is 79.3 Å². The summed E-state index contributed by atoms with van der Waals surface area (Å²) in [6.07, 6.45) is 5.95. The van der Waals surface area contributed by atoms with Crippen molar-refractivity contribution in [3.8, 4) is 5.69 Å². The van der Waals surface area contributed by atoms with Gasteiger partial charge in [0.2, 0.25) is 0 Å². The SMILES string of the molecule is CC(C)CN1COOCc2c1cn(Cc1ccc(-n3cccn3)cc1)c2Nc1ccccc1. The second-order valence-electron chi connectivity index (χ2n) is 8.70. The second kappa shape index (κ2) is 9.52. The Bertz CT molecular complexity index is 1170. The summed E-state index contributed by atoms with van der Waals surface area (Å²) in [5.74, 6) is 1.52. The molecule has 0 saturated carbocycles. The molecule has 0 radical (unpaired) electrons. The van der Waals surface area contributed by atoms with Gasteiger partial charge in [-0.3, -0.25) is 0 Å². The molecule has 0 fully saturated rings. The van der Waals surface area contributed by atoms with E-state index >= 15 is 0 Å². The molecule has 1 aliphatic rings. The molecule has 2 aromatic carbocycles. The number of rotatable bonds is 7. The van der Waals surface area contributed by atoms with Gasteiger partial charge in [0.25, 0.3) is 0 Å². The predicted octanol–water partition coefficient (Wildman–Crippen LogP) is 5.35. The molecule has 3 heterocycles. The van der Waals surface area contributed by atoms with Crippen LogP contribution in [-0.4, -0.2) is 27.6 Å². The number of hydrogen-bond acceptors (Lipinski definition) is 5. The van der Waals surface area contributed by atoms with Gasteiger partial charge >= 0.3 is 0 Å².